The Hall–Kier alpha value is -3.06. The molecule has 2 heterocycles. The van der Waals surface area contributed by atoms with Crippen molar-refractivity contribution in [3.05, 3.63) is 66.0 Å². The molecule has 0 bridgehead atoms. The fraction of sp³-hybridized carbons (Fsp3) is 0.481. The number of aromatic amines is 1. The maximum Gasteiger partial charge on any atom is 0.222 e. The standard InChI is InChI=1S/C27H35N5O2/c33-25(20-21-9-8-12-23(19-21)22-10-4-3-5-11-22)16-14-24-15-17-27(34)32(24)18-7-2-1-6-13-26-28-30-31-29-26/h3-5,8-12,19,24-25,33H,1-2,6-7,13-18,20H2,(H,28,29,30,31). The molecule has 2 atom stereocenters. The first-order chi connectivity index (χ1) is 16.7. The van der Waals surface area contributed by atoms with E-state index in [2.05, 4.69) is 61.9 Å². The number of carbonyl (C=O) groups is 1. The maximum absolute atomic E-state index is 12.4. The van der Waals surface area contributed by atoms with Crippen molar-refractivity contribution in [1.82, 2.24) is 25.5 Å². The van der Waals surface area contributed by atoms with Crippen molar-refractivity contribution in [2.24, 2.45) is 0 Å². The predicted molar refractivity (Wildman–Crippen MR) is 132 cm³/mol. The van der Waals surface area contributed by atoms with Gasteiger partial charge in [0.15, 0.2) is 5.82 Å². The van der Waals surface area contributed by atoms with Crippen molar-refractivity contribution >= 4 is 5.91 Å². The van der Waals surface area contributed by atoms with Crippen LogP contribution in [0.4, 0.5) is 0 Å². The van der Waals surface area contributed by atoms with Crippen molar-refractivity contribution in [2.45, 2.75) is 76.4 Å². The molecule has 1 aliphatic heterocycles. The molecule has 1 saturated heterocycles. The first-order valence-electron chi connectivity index (χ1n) is 12.5. The highest BCUT2D eigenvalue weighted by Crippen LogP contribution is 2.25. The Bertz CT molecular complexity index is 1010. The van der Waals surface area contributed by atoms with Gasteiger partial charge in [0.05, 0.1) is 6.10 Å². The van der Waals surface area contributed by atoms with E-state index in [0.717, 1.165) is 62.9 Å². The van der Waals surface area contributed by atoms with E-state index in [0.29, 0.717) is 19.3 Å². The third-order valence-electron chi connectivity index (χ3n) is 6.73. The van der Waals surface area contributed by atoms with Gasteiger partial charge in [-0.15, -0.1) is 10.2 Å². The molecule has 0 radical (unpaired) electrons. The van der Waals surface area contributed by atoms with Gasteiger partial charge in [0.2, 0.25) is 5.91 Å². The molecule has 1 amide bonds. The van der Waals surface area contributed by atoms with Crippen LogP contribution in [0.1, 0.15) is 62.8 Å². The molecule has 0 aliphatic carbocycles. The van der Waals surface area contributed by atoms with Gasteiger partial charge in [-0.2, -0.15) is 5.21 Å². The Balaban J connectivity index is 1.18. The predicted octanol–water partition coefficient (Wildman–Crippen LogP) is 4.34. The molecule has 2 aromatic carbocycles. The number of unbranched alkanes of at least 4 members (excludes halogenated alkanes) is 3. The second-order valence-electron chi connectivity index (χ2n) is 9.27. The number of hydrogen-bond donors (Lipinski definition) is 2. The minimum Gasteiger partial charge on any atom is -0.393 e. The summed E-state index contributed by atoms with van der Waals surface area (Å²) < 4.78 is 0. The average molecular weight is 462 g/mol. The summed E-state index contributed by atoms with van der Waals surface area (Å²) >= 11 is 0. The molecular weight excluding hydrogens is 426 g/mol. The lowest BCUT2D eigenvalue weighted by Crippen LogP contribution is -2.34. The first kappa shape index (κ1) is 24.1. The monoisotopic (exact) mass is 461 g/mol. The molecule has 0 spiro atoms. The van der Waals surface area contributed by atoms with Gasteiger partial charge in [0, 0.05) is 25.4 Å². The van der Waals surface area contributed by atoms with Crippen LogP contribution in [0.5, 0.6) is 0 Å². The van der Waals surface area contributed by atoms with Crippen LogP contribution < -0.4 is 0 Å². The molecule has 2 N–H and O–H groups in total. The number of tetrazole rings is 1. The number of likely N-dealkylation sites (tertiary alicyclic amines) is 1. The number of carbonyl (C=O) groups excluding carboxylic acids is 1. The number of H-pyrrole nitrogens is 1. The third kappa shape index (κ3) is 6.97. The third-order valence-corrected chi connectivity index (χ3v) is 6.73. The quantitative estimate of drug-likeness (QED) is 0.369. The fourth-order valence-corrected chi connectivity index (χ4v) is 4.88. The number of amides is 1. The summed E-state index contributed by atoms with van der Waals surface area (Å²) in [5.74, 6) is 1.03. The van der Waals surface area contributed by atoms with Crippen LogP contribution in [0.25, 0.3) is 11.1 Å². The van der Waals surface area contributed by atoms with Crippen LogP contribution in [0.3, 0.4) is 0 Å². The highest BCUT2D eigenvalue weighted by molar-refractivity contribution is 5.78. The van der Waals surface area contributed by atoms with Crippen molar-refractivity contribution in [3.8, 4) is 11.1 Å². The minimum absolute atomic E-state index is 0.261. The van der Waals surface area contributed by atoms with Crippen LogP contribution >= 0.6 is 0 Å². The van der Waals surface area contributed by atoms with Crippen LogP contribution in [0, 0.1) is 0 Å². The van der Waals surface area contributed by atoms with Gasteiger partial charge in [0.25, 0.3) is 0 Å². The van der Waals surface area contributed by atoms with Gasteiger partial charge in [-0.1, -0.05) is 72.7 Å². The Morgan fingerprint density at radius 3 is 2.68 bits per heavy atom. The molecule has 3 aromatic rings. The van der Waals surface area contributed by atoms with Crippen LogP contribution in [0.15, 0.2) is 54.6 Å². The highest BCUT2D eigenvalue weighted by Gasteiger charge is 2.30. The lowest BCUT2D eigenvalue weighted by atomic mass is 9.97. The Morgan fingerprint density at radius 1 is 1.03 bits per heavy atom. The first-order valence-corrected chi connectivity index (χ1v) is 12.5. The highest BCUT2D eigenvalue weighted by atomic mass is 16.3. The number of hydrogen-bond acceptors (Lipinski definition) is 5. The molecule has 4 rings (SSSR count). The lowest BCUT2D eigenvalue weighted by molar-refractivity contribution is -0.129. The summed E-state index contributed by atoms with van der Waals surface area (Å²) in [6, 6.07) is 19.0. The van der Waals surface area contributed by atoms with E-state index in [1.165, 1.54) is 11.1 Å². The molecular formula is C27H35N5O2. The van der Waals surface area contributed by atoms with Crippen molar-refractivity contribution in [2.75, 3.05) is 6.54 Å². The zero-order chi connectivity index (χ0) is 23.6. The number of nitrogens with one attached hydrogen (secondary N) is 1. The van der Waals surface area contributed by atoms with Gasteiger partial charge >= 0.3 is 0 Å². The second kappa shape index (κ2) is 12.4. The summed E-state index contributed by atoms with van der Waals surface area (Å²) in [4.78, 5) is 14.5. The Kier molecular flexibility index (Phi) is 8.79. The molecule has 1 aliphatic rings. The van der Waals surface area contributed by atoms with Crippen molar-refractivity contribution < 1.29 is 9.90 Å². The Morgan fingerprint density at radius 2 is 1.85 bits per heavy atom. The van der Waals surface area contributed by atoms with E-state index in [1.807, 2.05) is 18.2 Å². The van der Waals surface area contributed by atoms with E-state index < -0.39 is 6.10 Å². The number of rotatable bonds is 13. The van der Waals surface area contributed by atoms with Gasteiger partial charge in [-0.25, -0.2) is 0 Å². The molecule has 2 unspecified atom stereocenters. The topological polar surface area (TPSA) is 95.0 Å². The maximum atomic E-state index is 12.4. The van der Waals surface area contributed by atoms with Gasteiger partial charge in [0.1, 0.15) is 0 Å². The molecule has 7 heteroatoms. The van der Waals surface area contributed by atoms with Gasteiger partial charge in [-0.3, -0.25) is 4.79 Å². The van der Waals surface area contributed by atoms with E-state index in [4.69, 9.17) is 0 Å². The largest absolute Gasteiger partial charge is 0.393 e. The summed E-state index contributed by atoms with van der Waals surface area (Å²) in [7, 11) is 0. The van der Waals surface area contributed by atoms with E-state index in [1.54, 1.807) is 0 Å². The number of aliphatic hydroxyl groups is 1. The number of aryl methyl sites for hydroxylation is 1. The number of aromatic nitrogens is 4. The van der Waals surface area contributed by atoms with Crippen molar-refractivity contribution in [1.29, 1.82) is 0 Å². The lowest BCUT2D eigenvalue weighted by Gasteiger charge is -2.26. The summed E-state index contributed by atoms with van der Waals surface area (Å²) in [5, 5.41) is 24.7. The normalized spacial score (nSPS) is 16.8. The summed E-state index contributed by atoms with van der Waals surface area (Å²) in [6.45, 7) is 0.820. The number of nitrogens with zero attached hydrogens (tertiary/aromatic N) is 4. The summed E-state index contributed by atoms with van der Waals surface area (Å²) in [5.41, 5.74) is 3.51. The minimum atomic E-state index is -0.395. The molecule has 34 heavy (non-hydrogen) atoms. The molecule has 7 nitrogen and oxygen atoms in total. The van der Waals surface area contributed by atoms with E-state index in [-0.39, 0.29) is 11.9 Å². The average Bonchev–Trinajstić information content (AvgIpc) is 3.50. The molecule has 1 aromatic heterocycles. The fourth-order valence-electron chi connectivity index (χ4n) is 4.88. The molecule has 0 saturated carbocycles. The van der Waals surface area contributed by atoms with Crippen LogP contribution in [-0.4, -0.2) is 55.2 Å². The van der Waals surface area contributed by atoms with Gasteiger partial charge < -0.3 is 10.0 Å². The number of benzene rings is 2. The van der Waals surface area contributed by atoms with Crippen LogP contribution in [-0.2, 0) is 17.6 Å². The Labute approximate surface area is 201 Å². The van der Waals surface area contributed by atoms with E-state index in [9.17, 15) is 9.90 Å². The van der Waals surface area contributed by atoms with Gasteiger partial charge in [-0.05, 0) is 55.2 Å². The van der Waals surface area contributed by atoms with E-state index >= 15 is 0 Å². The molecule has 180 valence electrons. The smallest absolute Gasteiger partial charge is 0.222 e. The number of aliphatic hydroxyl groups excluding tert-OH is 1. The van der Waals surface area contributed by atoms with Crippen molar-refractivity contribution in [3.63, 3.8) is 0 Å². The zero-order valence-electron chi connectivity index (χ0n) is 19.8. The summed E-state index contributed by atoms with van der Waals surface area (Å²) in [6.07, 6.45) is 8.46. The molecule has 1 fully saturated rings. The zero-order valence-corrected chi connectivity index (χ0v) is 19.8. The SMILES string of the molecule is O=C1CCC(CCC(O)Cc2cccc(-c3ccccc3)c2)N1CCCCCCc1nn[nH]n1. The van der Waals surface area contributed by atoms with Crippen LogP contribution in [0.2, 0.25) is 0 Å². The second-order valence-corrected chi connectivity index (χ2v) is 9.27.